The normalized spacial score (nSPS) is 18.3. The van der Waals surface area contributed by atoms with Gasteiger partial charge in [0.1, 0.15) is 17.2 Å². The Morgan fingerprint density at radius 1 is 1.27 bits per heavy atom. The number of aromatic nitrogens is 4. The first-order chi connectivity index (χ1) is 12.7. The van der Waals surface area contributed by atoms with Crippen molar-refractivity contribution in [3.8, 4) is 10.6 Å². The van der Waals surface area contributed by atoms with E-state index < -0.39 is 0 Å². The number of rotatable bonds is 5. The minimum absolute atomic E-state index is 0.116. The molecule has 0 radical (unpaired) electrons. The van der Waals surface area contributed by atoms with Gasteiger partial charge >= 0.3 is 0 Å². The zero-order valence-corrected chi connectivity index (χ0v) is 15.9. The fourth-order valence-corrected chi connectivity index (χ4v) is 4.09. The van der Waals surface area contributed by atoms with E-state index in [1.165, 1.54) is 11.1 Å². The molecule has 0 spiro atoms. The Bertz CT molecular complexity index is 857. The first-order valence-corrected chi connectivity index (χ1v) is 9.82. The zero-order chi connectivity index (χ0) is 17.9. The highest BCUT2D eigenvalue weighted by molar-refractivity contribution is 7.13. The number of hydrogen-bond donors (Lipinski definition) is 0. The highest BCUT2D eigenvalue weighted by atomic mass is 32.1. The molecule has 6 nitrogen and oxygen atoms in total. The molecule has 1 aliphatic rings. The quantitative estimate of drug-likeness (QED) is 0.692. The molecule has 3 aromatic rings. The lowest BCUT2D eigenvalue weighted by Crippen LogP contribution is -2.40. The molecule has 1 unspecified atom stereocenters. The van der Waals surface area contributed by atoms with E-state index in [4.69, 9.17) is 9.72 Å². The second-order valence-electron chi connectivity index (χ2n) is 6.50. The van der Waals surface area contributed by atoms with Gasteiger partial charge in [0.05, 0.1) is 24.9 Å². The first-order valence-electron chi connectivity index (χ1n) is 8.94. The third-order valence-electron chi connectivity index (χ3n) is 4.81. The van der Waals surface area contributed by atoms with Gasteiger partial charge in [0, 0.05) is 31.1 Å². The molecule has 0 saturated carbocycles. The lowest BCUT2D eigenvalue weighted by molar-refractivity contribution is -0.0176. The summed E-state index contributed by atoms with van der Waals surface area (Å²) in [7, 11) is 1.93. The Morgan fingerprint density at radius 3 is 2.85 bits per heavy atom. The number of aryl methyl sites for hydroxylation is 2. The topological polar surface area (TPSA) is 56.1 Å². The van der Waals surface area contributed by atoms with Crippen LogP contribution in [0.5, 0.6) is 0 Å². The molecular weight excluding hydrogens is 346 g/mol. The van der Waals surface area contributed by atoms with Crippen molar-refractivity contribution < 1.29 is 4.74 Å². The number of nitrogens with zero attached hydrogens (tertiary/aromatic N) is 5. The van der Waals surface area contributed by atoms with E-state index in [0.29, 0.717) is 6.61 Å². The van der Waals surface area contributed by atoms with E-state index in [2.05, 4.69) is 51.6 Å². The summed E-state index contributed by atoms with van der Waals surface area (Å²) in [6, 6.07) is 8.81. The van der Waals surface area contributed by atoms with Crippen molar-refractivity contribution in [2.75, 3.05) is 19.8 Å². The van der Waals surface area contributed by atoms with Crippen LogP contribution in [0.1, 0.15) is 30.0 Å². The minimum Gasteiger partial charge on any atom is -0.378 e. The Kier molecular flexibility index (Phi) is 5.10. The van der Waals surface area contributed by atoms with Crippen LogP contribution in [0, 0.1) is 0 Å². The predicted molar refractivity (Wildman–Crippen MR) is 102 cm³/mol. The molecule has 1 saturated heterocycles. The van der Waals surface area contributed by atoms with Crippen LogP contribution in [0.15, 0.2) is 36.0 Å². The summed E-state index contributed by atoms with van der Waals surface area (Å²) in [4.78, 5) is 11.7. The van der Waals surface area contributed by atoms with Crippen molar-refractivity contribution >= 4 is 11.3 Å². The van der Waals surface area contributed by atoms with Gasteiger partial charge in [-0.25, -0.2) is 9.97 Å². The molecule has 7 heteroatoms. The maximum atomic E-state index is 5.68. The molecule has 26 heavy (non-hydrogen) atoms. The molecule has 136 valence electrons. The monoisotopic (exact) mass is 369 g/mol. The standard InChI is InChI=1S/C19H23N5OS/c1-3-14-4-6-15(7-5-14)19-22-16(12-26-19)10-24-8-9-25-11-17(24)18-20-13-21-23(18)2/h4-7,12-13,17H,3,8-11H2,1-2H3. The number of thiazole rings is 1. The molecule has 0 N–H and O–H groups in total. The van der Waals surface area contributed by atoms with Crippen molar-refractivity contribution in [1.29, 1.82) is 0 Å². The smallest absolute Gasteiger partial charge is 0.146 e. The number of morpholine rings is 1. The molecule has 0 amide bonds. The molecule has 2 aromatic heterocycles. The maximum Gasteiger partial charge on any atom is 0.146 e. The van der Waals surface area contributed by atoms with Crippen LogP contribution in [-0.4, -0.2) is 44.4 Å². The first kappa shape index (κ1) is 17.3. The molecule has 1 aromatic carbocycles. The van der Waals surface area contributed by atoms with Crippen LogP contribution in [-0.2, 0) is 24.8 Å². The Hall–Kier alpha value is -2.09. The van der Waals surface area contributed by atoms with Crippen molar-refractivity contribution in [1.82, 2.24) is 24.6 Å². The summed E-state index contributed by atoms with van der Waals surface area (Å²) >= 11 is 1.70. The molecule has 0 aliphatic carbocycles. The predicted octanol–water partition coefficient (Wildman–Crippen LogP) is 3.07. The number of benzene rings is 1. The van der Waals surface area contributed by atoms with Crippen molar-refractivity contribution in [2.45, 2.75) is 25.9 Å². The van der Waals surface area contributed by atoms with E-state index in [9.17, 15) is 0 Å². The van der Waals surface area contributed by atoms with Gasteiger partial charge in [-0.1, -0.05) is 31.2 Å². The summed E-state index contributed by atoms with van der Waals surface area (Å²) in [5, 5.41) is 7.44. The largest absolute Gasteiger partial charge is 0.378 e. The van der Waals surface area contributed by atoms with Crippen LogP contribution >= 0.6 is 11.3 Å². The van der Waals surface area contributed by atoms with Crippen molar-refractivity contribution in [3.05, 3.63) is 53.1 Å². The van der Waals surface area contributed by atoms with Gasteiger partial charge in [0.2, 0.25) is 0 Å². The third-order valence-corrected chi connectivity index (χ3v) is 5.75. The Labute approximate surface area is 157 Å². The number of ether oxygens (including phenoxy) is 1. The van der Waals surface area contributed by atoms with Crippen LogP contribution in [0.3, 0.4) is 0 Å². The fourth-order valence-electron chi connectivity index (χ4n) is 3.28. The molecule has 1 atom stereocenters. The SMILES string of the molecule is CCc1ccc(-c2nc(CN3CCOCC3c3ncnn3C)cs2)cc1. The zero-order valence-electron chi connectivity index (χ0n) is 15.1. The van der Waals surface area contributed by atoms with E-state index >= 15 is 0 Å². The van der Waals surface area contributed by atoms with Gasteiger partial charge in [0.15, 0.2) is 0 Å². The molecule has 1 fully saturated rings. The average molecular weight is 369 g/mol. The summed E-state index contributed by atoms with van der Waals surface area (Å²) in [6.45, 7) is 5.22. The van der Waals surface area contributed by atoms with Gasteiger partial charge in [-0.2, -0.15) is 5.10 Å². The second-order valence-corrected chi connectivity index (χ2v) is 7.36. The van der Waals surface area contributed by atoms with Gasteiger partial charge in [-0.15, -0.1) is 11.3 Å². The lowest BCUT2D eigenvalue weighted by Gasteiger charge is -2.34. The summed E-state index contributed by atoms with van der Waals surface area (Å²) in [5.74, 6) is 0.940. The van der Waals surface area contributed by atoms with Crippen molar-refractivity contribution in [2.24, 2.45) is 7.05 Å². The van der Waals surface area contributed by atoms with E-state index in [1.807, 2.05) is 11.7 Å². The van der Waals surface area contributed by atoms with Gasteiger partial charge in [-0.05, 0) is 12.0 Å². The molecular formula is C19H23N5OS. The molecule has 4 rings (SSSR count). The highest BCUT2D eigenvalue weighted by Crippen LogP contribution is 2.28. The molecule has 0 bridgehead atoms. The van der Waals surface area contributed by atoms with E-state index in [0.717, 1.165) is 42.6 Å². The minimum atomic E-state index is 0.116. The van der Waals surface area contributed by atoms with Gasteiger partial charge in [-0.3, -0.25) is 9.58 Å². The number of hydrogen-bond acceptors (Lipinski definition) is 6. The van der Waals surface area contributed by atoms with Crippen LogP contribution in [0.2, 0.25) is 0 Å². The average Bonchev–Trinajstić information content (AvgIpc) is 3.31. The summed E-state index contributed by atoms with van der Waals surface area (Å²) < 4.78 is 7.51. The highest BCUT2D eigenvalue weighted by Gasteiger charge is 2.28. The second kappa shape index (κ2) is 7.65. The van der Waals surface area contributed by atoms with E-state index in [1.54, 1.807) is 17.7 Å². The van der Waals surface area contributed by atoms with Gasteiger partial charge in [0.25, 0.3) is 0 Å². The Balaban J connectivity index is 1.51. The van der Waals surface area contributed by atoms with Crippen molar-refractivity contribution in [3.63, 3.8) is 0 Å². The molecule has 1 aliphatic heterocycles. The summed E-state index contributed by atoms with van der Waals surface area (Å²) in [6.07, 6.45) is 2.66. The van der Waals surface area contributed by atoms with Crippen LogP contribution < -0.4 is 0 Å². The van der Waals surface area contributed by atoms with Crippen LogP contribution in [0.25, 0.3) is 10.6 Å². The maximum absolute atomic E-state index is 5.68. The van der Waals surface area contributed by atoms with Gasteiger partial charge < -0.3 is 4.74 Å². The van der Waals surface area contributed by atoms with E-state index in [-0.39, 0.29) is 6.04 Å². The molecule has 3 heterocycles. The van der Waals surface area contributed by atoms with Crippen LogP contribution in [0.4, 0.5) is 0 Å². The summed E-state index contributed by atoms with van der Waals surface area (Å²) in [5.41, 5.74) is 3.63. The Morgan fingerprint density at radius 2 is 2.12 bits per heavy atom. The fraction of sp³-hybridized carbons (Fsp3) is 0.421. The third kappa shape index (κ3) is 3.56. The lowest BCUT2D eigenvalue weighted by atomic mass is 10.1.